The van der Waals surface area contributed by atoms with Crippen molar-refractivity contribution in [3.8, 4) is 0 Å². The van der Waals surface area contributed by atoms with Crippen molar-refractivity contribution in [1.29, 1.82) is 0 Å². The van der Waals surface area contributed by atoms with E-state index in [9.17, 15) is 24.1 Å². The van der Waals surface area contributed by atoms with Crippen molar-refractivity contribution < 1.29 is 18.5 Å². The molecule has 0 aliphatic rings. The van der Waals surface area contributed by atoms with Crippen LogP contribution in [0.4, 0.5) is 10.1 Å². The summed E-state index contributed by atoms with van der Waals surface area (Å²) in [5.74, 6) is -0.347. The lowest BCUT2D eigenvalue weighted by Crippen LogP contribution is -2.32. The summed E-state index contributed by atoms with van der Waals surface area (Å²) in [6.07, 6.45) is 0. The van der Waals surface area contributed by atoms with E-state index in [4.69, 9.17) is 4.42 Å². The Balaban J connectivity index is 1.52. The summed E-state index contributed by atoms with van der Waals surface area (Å²) in [5, 5.41) is 13.5. The molecule has 10 heteroatoms. The molecule has 0 aliphatic carbocycles. The van der Waals surface area contributed by atoms with E-state index < -0.39 is 16.6 Å². The van der Waals surface area contributed by atoms with Crippen molar-refractivity contribution in [1.82, 2.24) is 9.88 Å². The van der Waals surface area contributed by atoms with Crippen LogP contribution in [0.1, 0.15) is 5.56 Å². The number of halogens is 1. The highest BCUT2D eigenvalue weighted by atomic mass is 32.2. The van der Waals surface area contributed by atoms with Gasteiger partial charge in [-0.2, -0.15) is 11.8 Å². The van der Waals surface area contributed by atoms with Gasteiger partial charge in [0, 0.05) is 24.1 Å². The van der Waals surface area contributed by atoms with E-state index in [-0.39, 0.29) is 23.6 Å². The number of fused-ring (bicyclic) bond motifs is 1. The SMILES string of the molecule is O=C(Cn1c(=O)oc2cc([N+](=O)[O-])ccc21)NCCSCc1ccccc1F. The predicted octanol–water partition coefficient (Wildman–Crippen LogP) is 2.69. The zero-order valence-corrected chi connectivity index (χ0v) is 15.4. The predicted molar refractivity (Wildman–Crippen MR) is 103 cm³/mol. The Labute approximate surface area is 162 Å². The van der Waals surface area contributed by atoms with Gasteiger partial charge >= 0.3 is 5.76 Å². The summed E-state index contributed by atoms with van der Waals surface area (Å²) < 4.78 is 19.6. The Morgan fingerprint density at radius 3 is 2.82 bits per heavy atom. The van der Waals surface area contributed by atoms with Gasteiger partial charge in [-0.1, -0.05) is 18.2 Å². The fourth-order valence-corrected chi connectivity index (χ4v) is 3.42. The second-order valence-electron chi connectivity index (χ2n) is 5.86. The van der Waals surface area contributed by atoms with Crippen LogP contribution in [0.5, 0.6) is 0 Å². The minimum absolute atomic E-state index is 0.0486. The molecule has 0 fully saturated rings. The molecule has 2 aromatic carbocycles. The molecule has 3 aromatic rings. The Morgan fingerprint density at radius 2 is 2.07 bits per heavy atom. The maximum atomic E-state index is 13.5. The van der Waals surface area contributed by atoms with E-state index >= 15 is 0 Å². The molecular weight excluding hydrogens is 389 g/mol. The molecule has 1 aromatic heterocycles. The van der Waals surface area contributed by atoms with Gasteiger partial charge in [-0.15, -0.1) is 0 Å². The molecule has 1 heterocycles. The third-order valence-corrected chi connectivity index (χ3v) is 4.96. The van der Waals surface area contributed by atoms with Crippen molar-refractivity contribution in [3.63, 3.8) is 0 Å². The van der Waals surface area contributed by atoms with Gasteiger partial charge in [0.05, 0.1) is 16.5 Å². The summed E-state index contributed by atoms with van der Waals surface area (Å²) in [6.45, 7) is 0.0928. The Morgan fingerprint density at radius 1 is 1.29 bits per heavy atom. The first-order valence-corrected chi connectivity index (χ1v) is 9.47. The average Bonchev–Trinajstić information content (AvgIpc) is 2.97. The Hall–Kier alpha value is -3.14. The van der Waals surface area contributed by atoms with E-state index in [1.54, 1.807) is 18.2 Å². The number of carbonyl (C=O) groups is 1. The highest BCUT2D eigenvalue weighted by Crippen LogP contribution is 2.20. The Kier molecular flexibility index (Phi) is 6.09. The highest BCUT2D eigenvalue weighted by molar-refractivity contribution is 7.98. The number of oxazole rings is 1. The van der Waals surface area contributed by atoms with E-state index in [2.05, 4.69) is 5.32 Å². The number of hydrogen-bond acceptors (Lipinski definition) is 6. The molecule has 28 heavy (non-hydrogen) atoms. The van der Waals surface area contributed by atoms with E-state index in [0.29, 0.717) is 29.1 Å². The third kappa shape index (κ3) is 4.58. The molecule has 0 saturated heterocycles. The second kappa shape index (κ2) is 8.70. The topological polar surface area (TPSA) is 107 Å². The van der Waals surface area contributed by atoms with Gasteiger partial charge in [-0.05, 0) is 17.7 Å². The van der Waals surface area contributed by atoms with Gasteiger partial charge in [0.2, 0.25) is 5.91 Å². The molecule has 146 valence electrons. The molecule has 1 amide bonds. The van der Waals surface area contributed by atoms with Crippen molar-refractivity contribution in [2.75, 3.05) is 12.3 Å². The molecule has 0 bridgehead atoms. The van der Waals surface area contributed by atoms with Crippen LogP contribution in [0, 0.1) is 15.9 Å². The molecule has 0 atom stereocenters. The number of hydrogen-bond donors (Lipinski definition) is 1. The first-order valence-electron chi connectivity index (χ1n) is 8.31. The lowest BCUT2D eigenvalue weighted by atomic mass is 10.2. The number of nitro groups is 1. The average molecular weight is 405 g/mol. The summed E-state index contributed by atoms with van der Waals surface area (Å²) in [4.78, 5) is 34.2. The number of benzene rings is 2. The van der Waals surface area contributed by atoms with Crippen LogP contribution < -0.4 is 11.1 Å². The number of nitro benzene ring substituents is 1. The molecule has 1 N–H and O–H groups in total. The maximum Gasteiger partial charge on any atom is 0.420 e. The minimum atomic E-state index is -0.764. The lowest BCUT2D eigenvalue weighted by molar-refractivity contribution is -0.384. The summed E-state index contributed by atoms with van der Waals surface area (Å²) in [5.41, 5.74) is 0.751. The van der Waals surface area contributed by atoms with E-state index in [0.717, 1.165) is 10.6 Å². The smallest absolute Gasteiger partial charge is 0.407 e. The zero-order valence-electron chi connectivity index (χ0n) is 14.6. The zero-order chi connectivity index (χ0) is 20.1. The quantitative estimate of drug-likeness (QED) is 0.351. The number of nitrogens with zero attached hydrogens (tertiary/aromatic N) is 2. The monoisotopic (exact) mass is 405 g/mol. The van der Waals surface area contributed by atoms with Gasteiger partial charge in [0.25, 0.3) is 5.69 Å². The van der Waals surface area contributed by atoms with Crippen LogP contribution in [0.2, 0.25) is 0 Å². The standard InChI is InChI=1S/C18H16FN3O5S/c19-14-4-2-1-3-12(14)11-28-8-7-20-17(23)10-21-15-6-5-13(22(25)26)9-16(15)27-18(21)24/h1-6,9H,7-8,10-11H2,(H,20,23). The van der Waals surface area contributed by atoms with Gasteiger partial charge in [0.15, 0.2) is 5.58 Å². The van der Waals surface area contributed by atoms with Crippen molar-refractivity contribution in [2.24, 2.45) is 0 Å². The fourth-order valence-electron chi connectivity index (χ4n) is 2.58. The summed E-state index contributed by atoms with van der Waals surface area (Å²) in [7, 11) is 0. The van der Waals surface area contributed by atoms with Crippen molar-refractivity contribution in [2.45, 2.75) is 12.3 Å². The molecule has 0 saturated carbocycles. The van der Waals surface area contributed by atoms with Crippen LogP contribution in [0.15, 0.2) is 51.7 Å². The number of nitrogens with one attached hydrogen (secondary N) is 1. The number of thioether (sulfide) groups is 1. The Bertz CT molecular complexity index is 1080. The first kappa shape index (κ1) is 19.6. The number of aromatic nitrogens is 1. The van der Waals surface area contributed by atoms with E-state index in [1.165, 1.54) is 30.0 Å². The molecule has 0 radical (unpaired) electrons. The first-order chi connectivity index (χ1) is 13.5. The summed E-state index contributed by atoms with van der Waals surface area (Å²) in [6, 6.07) is 10.3. The van der Waals surface area contributed by atoms with Gasteiger partial charge < -0.3 is 9.73 Å². The van der Waals surface area contributed by atoms with Gasteiger partial charge in [-0.25, -0.2) is 9.18 Å². The molecule has 8 nitrogen and oxygen atoms in total. The van der Waals surface area contributed by atoms with Crippen molar-refractivity contribution in [3.05, 3.63) is 74.5 Å². The largest absolute Gasteiger partial charge is 0.420 e. The second-order valence-corrected chi connectivity index (χ2v) is 6.96. The maximum absolute atomic E-state index is 13.5. The number of rotatable bonds is 8. The molecule has 0 spiro atoms. The van der Waals surface area contributed by atoms with Crippen LogP contribution >= 0.6 is 11.8 Å². The van der Waals surface area contributed by atoms with Crippen LogP contribution in [-0.2, 0) is 17.1 Å². The number of carbonyl (C=O) groups excluding carboxylic acids is 1. The van der Waals surface area contributed by atoms with Crippen LogP contribution in [0.3, 0.4) is 0 Å². The minimum Gasteiger partial charge on any atom is -0.407 e. The number of amides is 1. The molecule has 0 aliphatic heterocycles. The van der Waals surface area contributed by atoms with Gasteiger partial charge in [0.1, 0.15) is 12.4 Å². The van der Waals surface area contributed by atoms with Crippen LogP contribution in [0.25, 0.3) is 11.1 Å². The molecule has 3 rings (SSSR count). The molecular formula is C18H16FN3O5S. The highest BCUT2D eigenvalue weighted by Gasteiger charge is 2.16. The lowest BCUT2D eigenvalue weighted by Gasteiger charge is -2.06. The normalized spacial score (nSPS) is 10.9. The third-order valence-electron chi connectivity index (χ3n) is 3.95. The van der Waals surface area contributed by atoms with E-state index in [1.807, 2.05) is 0 Å². The number of non-ortho nitro benzene ring substituents is 1. The van der Waals surface area contributed by atoms with Gasteiger partial charge in [-0.3, -0.25) is 19.5 Å². The fraction of sp³-hybridized carbons (Fsp3) is 0.222. The van der Waals surface area contributed by atoms with Crippen LogP contribution in [-0.4, -0.2) is 27.7 Å². The molecule has 0 unspecified atom stereocenters. The summed E-state index contributed by atoms with van der Waals surface area (Å²) >= 11 is 1.47. The van der Waals surface area contributed by atoms with Crippen molar-refractivity contribution >= 4 is 34.5 Å².